The number of likely N-dealkylation sites (N-methyl/N-ethyl adjacent to an activating group) is 1. The lowest BCUT2D eigenvalue weighted by Gasteiger charge is -2.34. The van der Waals surface area contributed by atoms with Crippen LogP contribution in [0.3, 0.4) is 0 Å². The molecule has 29 heavy (non-hydrogen) atoms. The summed E-state index contributed by atoms with van der Waals surface area (Å²) in [5.74, 6) is -1.44. The number of pyridine rings is 1. The number of anilines is 2. The van der Waals surface area contributed by atoms with Crippen LogP contribution in [0.4, 0.5) is 11.5 Å². The first-order valence-electron chi connectivity index (χ1n) is 8.59. The number of carboxylic acids is 2. The fraction of sp³-hybridized carbons (Fsp3) is 0.250. The van der Waals surface area contributed by atoms with Crippen LogP contribution in [-0.4, -0.2) is 58.7 Å². The van der Waals surface area contributed by atoms with Crippen molar-refractivity contribution in [2.45, 2.75) is 22.8 Å². The first kappa shape index (κ1) is 24.5. The van der Waals surface area contributed by atoms with E-state index in [1.165, 1.54) is 15.5 Å². The molecule has 1 aromatic carbocycles. The highest BCUT2D eigenvalue weighted by molar-refractivity contribution is 7.99. The van der Waals surface area contributed by atoms with Gasteiger partial charge in [0, 0.05) is 35.8 Å². The van der Waals surface area contributed by atoms with Gasteiger partial charge in [-0.2, -0.15) is 0 Å². The van der Waals surface area contributed by atoms with Crippen molar-refractivity contribution in [2.24, 2.45) is 0 Å². The SMILES string of the molecule is CC(CN1c2ccccc2Sc2cccnc21)N(C)C.Cl.O=C(O)/C=C\C(=O)O. The van der Waals surface area contributed by atoms with Gasteiger partial charge < -0.3 is 20.0 Å². The van der Waals surface area contributed by atoms with E-state index in [0.29, 0.717) is 18.2 Å². The Bertz CT molecular complexity index is 815. The molecule has 3 rings (SSSR count). The summed E-state index contributed by atoms with van der Waals surface area (Å²) in [5, 5.41) is 15.6. The predicted molar refractivity (Wildman–Crippen MR) is 117 cm³/mol. The van der Waals surface area contributed by atoms with Crippen molar-refractivity contribution in [3.63, 3.8) is 0 Å². The molecule has 2 heterocycles. The number of benzene rings is 1. The molecule has 1 aliphatic heterocycles. The second-order valence-corrected chi connectivity index (χ2v) is 7.41. The number of carbonyl (C=O) groups is 2. The smallest absolute Gasteiger partial charge is 0.328 e. The van der Waals surface area contributed by atoms with Gasteiger partial charge in [-0.05, 0) is 45.3 Å². The highest BCUT2D eigenvalue weighted by Gasteiger charge is 2.25. The van der Waals surface area contributed by atoms with Gasteiger partial charge in [-0.1, -0.05) is 23.9 Å². The molecule has 0 bridgehead atoms. The predicted octanol–water partition coefficient (Wildman–Crippen LogP) is 3.77. The molecule has 2 aromatic rings. The fourth-order valence-corrected chi connectivity index (χ4v) is 3.49. The third-order valence-corrected chi connectivity index (χ3v) is 5.18. The third kappa shape index (κ3) is 7.08. The number of nitrogens with zero attached hydrogens (tertiary/aromatic N) is 3. The first-order valence-corrected chi connectivity index (χ1v) is 9.41. The van der Waals surface area contributed by atoms with E-state index in [1.54, 1.807) is 11.8 Å². The second-order valence-electron chi connectivity index (χ2n) is 6.33. The van der Waals surface area contributed by atoms with Crippen LogP contribution >= 0.6 is 24.2 Å². The number of fused-ring (bicyclic) bond motifs is 2. The van der Waals surface area contributed by atoms with Gasteiger partial charge in [0.15, 0.2) is 0 Å². The Morgan fingerprint density at radius 1 is 1.10 bits per heavy atom. The Morgan fingerprint density at radius 2 is 1.69 bits per heavy atom. The monoisotopic (exact) mass is 437 g/mol. The van der Waals surface area contributed by atoms with Crippen molar-refractivity contribution >= 4 is 47.6 Å². The van der Waals surface area contributed by atoms with Gasteiger partial charge in [0.2, 0.25) is 0 Å². The highest BCUT2D eigenvalue weighted by Crippen LogP contribution is 2.46. The minimum Gasteiger partial charge on any atom is -0.478 e. The molecule has 0 spiro atoms. The third-order valence-electron chi connectivity index (χ3n) is 4.08. The Balaban J connectivity index is 0.000000403. The number of hydrogen-bond acceptors (Lipinski definition) is 6. The van der Waals surface area contributed by atoms with E-state index >= 15 is 0 Å². The number of aromatic nitrogens is 1. The van der Waals surface area contributed by atoms with Crippen LogP contribution in [0, 0.1) is 0 Å². The summed E-state index contributed by atoms with van der Waals surface area (Å²) in [6, 6.07) is 13.2. The Labute approximate surface area is 180 Å². The molecule has 0 aliphatic carbocycles. The van der Waals surface area contributed by atoms with Crippen molar-refractivity contribution in [1.29, 1.82) is 0 Å². The molecule has 0 amide bonds. The number of halogens is 1. The zero-order valence-corrected chi connectivity index (χ0v) is 18.0. The maximum absolute atomic E-state index is 9.55. The lowest BCUT2D eigenvalue weighted by molar-refractivity contribution is -0.134. The Hall–Kier alpha value is -2.55. The van der Waals surface area contributed by atoms with E-state index in [2.05, 4.69) is 66.1 Å². The Morgan fingerprint density at radius 3 is 2.28 bits per heavy atom. The molecule has 1 atom stereocenters. The van der Waals surface area contributed by atoms with E-state index in [1.807, 2.05) is 12.3 Å². The lowest BCUT2D eigenvalue weighted by Crippen LogP contribution is -2.37. The van der Waals surface area contributed by atoms with Crippen molar-refractivity contribution in [3.05, 3.63) is 54.7 Å². The van der Waals surface area contributed by atoms with Crippen molar-refractivity contribution in [1.82, 2.24) is 9.88 Å². The normalized spacial score (nSPS) is 12.9. The van der Waals surface area contributed by atoms with Gasteiger partial charge in [-0.15, -0.1) is 12.4 Å². The molecular formula is C20H24ClN3O4S. The maximum Gasteiger partial charge on any atom is 0.328 e. The van der Waals surface area contributed by atoms with E-state index in [9.17, 15) is 9.59 Å². The van der Waals surface area contributed by atoms with Crippen LogP contribution in [0.25, 0.3) is 0 Å². The summed E-state index contributed by atoms with van der Waals surface area (Å²) in [4.78, 5) is 30.8. The molecule has 0 saturated heterocycles. The van der Waals surface area contributed by atoms with Crippen LogP contribution in [0.15, 0.2) is 64.5 Å². The summed E-state index contributed by atoms with van der Waals surface area (Å²) in [5.41, 5.74) is 1.26. The fourth-order valence-electron chi connectivity index (χ4n) is 2.42. The molecule has 156 valence electrons. The van der Waals surface area contributed by atoms with Gasteiger partial charge in [-0.3, -0.25) is 0 Å². The minimum atomic E-state index is -1.26. The summed E-state index contributed by atoms with van der Waals surface area (Å²) in [6.45, 7) is 3.18. The van der Waals surface area contributed by atoms with Gasteiger partial charge in [0.05, 0.1) is 10.6 Å². The standard InChI is InChI=1S/C16H19N3S.C4H4O4.ClH/c1-12(18(2)3)11-19-13-7-4-5-8-14(13)20-15-9-6-10-17-16(15)19;5-3(6)1-2-4(7)8;/h4-10,12H,11H2,1-3H3;1-2H,(H,5,6)(H,7,8);1H/b;2-1-;. The highest BCUT2D eigenvalue weighted by atomic mass is 35.5. The number of carboxylic acid groups (broad SMARTS) is 2. The average Bonchev–Trinajstić information content (AvgIpc) is 2.66. The van der Waals surface area contributed by atoms with Gasteiger partial charge in [0.25, 0.3) is 0 Å². The van der Waals surface area contributed by atoms with Crippen molar-refractivity contribution in [2.75, 3.05) is 25.5 Å². The molecule has 2 N–H and O–H groups in total. The second kappa shape index (κ2) is 11.5. The molecular weight excluding hydrogens is 414 g/mol. The van der Waals surface area contributed by atoms with E-state index in [4.69, 9.17) is 10.2 Å². The van der Waals surface area contributed by atoms with Crippen LogP contribution in [0.1, 0.15) is 6.92 Å². The molecule has 0 fully saturated rings. The number of aliphatic carboxylic acids is 2. The topological polar surface area (TPSA) is 94.0 Å². The summed E-state index contributed by atoms with van der Waals surface area (Å²) in [6.07, 6.45) is 2.99. The first-order chi connectivity index (χ1) is 13.3. The quantitative estimate of drug-likeness (QED) is 0.682. The van der Waals surface area contributed by atoms with Gasteiger partial charge in [0.1, 0.15) is 5.82 Å². The number of hydrogen-bond donors (Lipinski definition) is 2. The zero-order chi connectivity index (χ0) is 20.7. The molecule has 1 aliphatic rings. The van der Waals surface area contributed by atoms with Crippen molar-refractivity contribution < 1.29 is 19.8 Å². The summed E-state index contributed by atoms with van der Waals surface area (Å²) in [7, 11) is 4.24. The lowest BCUT2D eigenvalue weighted by atomic mass is 10.2. The Kier molecular flexibility index (Phi) is 9.67. The molecule has 1 aromatic heterocycles. The average molecular weight is 438 g/mol. The van der Waals surface area contributed by atoms with E-state index < -0.39 is 11.9 Å². The largest absolute Gasteiger partial charge is 0.478 e. The van der Waals surface area contributed by atoms with Crippen molar-refractivity contribution in [3.8, 4) is 0 Å². The van der Waals surface area contributed by atoms with Crippen LogP contribution in [0.5, 0.6) is 0 Å². The zero-order valence-electron chi connectivity index (χ0n) is 16.3. The van der Waals surface area contributed by atoms with Crippen LogP contribution in [-0.2, 0) is 9.59 Å². The van der Waals surface area contributed by atoms with Gasteiger partial charge >= 0.3 is 11.9 Å². The molecule has 1 unspecified atom stereocenters. The molecule has 9 heteroatoms. The number of rotatable bonds is 5. The molecule has 0 radical (unpaired) electrons. The van der Waals surface area contributed by atoms with Gasteiger partial charge in [-0.25, -0.2) is 14.6 Å². The van der Waals surface area contributed by atoms with Crippen LogP contribution < -0.4 is 4.90 Å². The van der Waals surface area contributed by atoms with E-state index in [0.717, 1.165) is 12.4 Å². The minimum absolute atomic E-state index is 0. The maximum atomic E-state index is 9.55. The summed E-state index contributed by atoms with van der Waals surface area (Å²) < 4.78 is 0. The summed E-state index contributed by atoms with van der Waals surface area (Å²) >= 11 is 1.80. The van der Waals surface area contributed by atoms with Crippen LogP contribution in [0.2, 0.25) is 0 Å². The van der Waals surface area contributed by atoms with E-state index in [-0.39, 0.29) is 12.4 Å². The number of para-hydroxylation sites is 1. The molecule has 0 saturated carbocycles. The molecule has 7 nitrogen and oxygen atoms in total.